The molecule has 1 aliphatic carbocycles. The summed E-state index contributed by atoms with van der Waals surface area (Å²) >= 11 is 5.90. The highest BCUT2D eigenvalue weighted by Gasteiger charge is 2.42. The minimum Gasteiger partial charge on any atom is -0.347 e. The highest BCUT2D eigenvalue weighted by molar-refractivity contribution is 7.90. The van der Waals surface area contributed by atoms with Gasteiger partial charge in [-0.25, -0.2) is 12.8 Å². The van der Waals surface area contributed by atoms with Crippen LogP contribution in [0.2, 0.25) is 5.02 Å². The zero-order valence-electron chi connectivity index (χ0n) is 19.1. The first-order valence-corrected chi connectivity index (χ1v) is 13.7. The van der Waals surface area contributed by atoms with Gasteiger partial charge in [0.15, 0.2) is 9.84 Å². The molecule has 1 unspecified atom stereocenters. The van der Waals surface area contributed by atoms with Crippen LogP contribution in [0.1, 0.15) is 54.6 Å². The van der Waals surface area contributed by atoms with Gasteiger partial charge in [0.2, 0.25) is 5.91 Å². The van der Waals surface area contributed by atoms with Gasteiger partial charge >= 0.3 is 0 Å². The van der Waals surface area contributed by atoms with E-state index in [4.69, 9.17) is 11.6 Å². The number of amides is 2. The van der Waals surface area contributed by atoms with Gasteiger partial charge in [0, 0.05) is 29.0 Å². The van der Waals surface area contributed by atoms with E-state index in [9.17, 15) is 22.4 Å². The normalized spacial score (nSPS) is 21.4. The predicted octanol–water partition coefficient (Wildman–Crippen LogP) is 4.39. The monoisotopic (exact) mass is 506 g/mol. The first-order valence-electron chi connectivity index (χ1n) is 11.4. The number of hydrogen-bond acceptors (Lipinski definition) is 4. The van der Waals surface area contributed by atoms with Crippen molar-refractivity contribution in [3.63, 3.8) is 0 Å². The average Bonchev–Trinajstić information content (AvgIpc) is 3.54. The number of halogens is 2. The summed E-state index contributed by atoms with van der Waals surface area (Å²) < 4.78 is 38.5. The summed E-state index contributed by atoms with van der Waals surface area (Å²) in [5, 5.41) is 3.29. The fraction of sp³-hybridized carbons (Fsp3) is 0.440. The Morgan fingerprint density at radius 2 is 1.94 bits per heavy atom. The molecule has 2 fully saturated rings. The summed E-state index contributed by atoms with van der Waals surface area (Å²) in [6.07, 6.45) is 4.16. The lowest BCUT2D eigenvalue weighted by atomic mass is 9.99. The lowest BCUT2D eigenvalue weighted by Crippen LogP contribution is -2.47. The quantitative estimate of drug-likeness (QED) is 0.603. The first-order chi connectivity index (χ1) is 16.1. The minimum atomic E-state index is -3.48. The van der Waals surface area contributed by atoms with Crippen LogP contribution in [0.25, 0.3) is 0 Å². The molecule has 1 N–H and O–H groups in total. The number of carbonyl (C=O) groups excluding carboxylic acids is 2. The molecule has 2 aromatic rings. The number of nitrogens with zero attached hydrogens (tertiary/aromatic N) is 1. The van der Waals surface area contributed by atoms with E-state index in [0.29, 0.717) is 18.5 Å². The number of benzene rings is 2. The molecule has 4 rings (SSSR count). The Morgan fingerprint density at radius 1 is 1.21 bits per heavy atom. The molecule has 2 aliphatic rings. The Balaban J connectivity index is 1.59. The largest absolute Gasteiger partial charge is 0.347 e. The standard InChI is InChI=1S/C25H28ClFN2O4S/c1-3-15-11-22(29(14-15)25(31)17-5-4-6-19(12-17)34(2,32)33)24(30)28-23(16-7-8-16)20-10-9-18(26)13-21(20)27/h4-6,9-10,12-13,15-16,22-23H,3,7-8,11,14H2,1-2H3,(H,28,30)/t15-,22-,23?/m1/s1. The van der Waals surface area contributed by atoms with Crippen molar-refractivity contribution in [2.75, 3.05) is 12.8 Å². The van der Waals surface area contributed by atoms with Gasteiger partial charge in [-0.15, -0.1) is 0 Å². The van der Waals surface area contributed by atoms with Gasteiger partial charge in [-0.2, -0.15) is 0 Å². The maximum Gasteiger partial charge on any atom is 0.254 e. The van der Waals surface area contributed by atoms with Crippen LogP contribution in [0.4, 0.5) is 4.39 Å². The van der Waals surface area contributed by atoms with Crippen LogP contribution >= 0.6 is 11.6 Å². The van der Waals surface area contributed by atoms with Crippen molar-refractivity contribution in [1.29, 1.82) is 0 Å². The summed E-state index contributed by atoms with van der Waals surface area (Å²) in [6, 6.07) is 9.12. The van der Waals surface area contributed by atoms with Gasteiger partial charge < -0.3 is 10.2 Å². The lowest BCUT2D eigenvalue weighted by Gasteiger charge is -2.27. The van der Waals surface area contributed by atoms with Crippen LogP contribution in [0, 0.1) is 17.7 Å². The van der Waals surface area contributed by atoms with Crippen molar-refractivity contribution in [3.8, 4) is 0 Å². The van der Waals surface area contributed by atoms with E-state index in [1.807, 2.05) is 6.92 Å². The average molecular weight is 507 g/mol. The minimum absolute atomic E-state index is 0.0533. The number of rotatable bonds is 7. The molecule has 0 aromatic heterocycles. The van der Waals surface area contributed by atoms with Crippen molar-refractivity contribution in [1.82, 2.24) is 10.2 Å². The van der Waals surface area contributed by atoms with Crippen LogP contribution < -0.4 is 5.32 Å². The Hall–Kier alpha value is -2.45. The van der Waals surface area contributed by atoms with E-state index in [-0.39, 0.29) is 39.1 Å². The molecular formula is C25H28ClFN2O4S. The number of hydrogen-bond donors (Lipinski definition) is 1. The fourth-order valence-corrected chi connectivity index (χ4v) is 5.43. The third-order valence-electron chi connectivity index (χ3n) is 6.73. The molecule has 182 valence electrons. The van der Waals surface area contributed by atoms with Crippen LogP contribution in [0.5, 0.6) is 0 Å². The summed E-state index contributed by atoms with van der Waals surface area (Å²) in [6.45, 7) is 2.41. The fourth-order valence-electron chi connectivity index (χ4n) is 4.60. The van der Waals surface area contributed by atoms with E-state index in [2.05, 4.69) is 5.32 Å². The van der Waals surface area contributed by atoms with Crippen molar-refractivity contribution >= 4 is 33.3 Å². The first kappa shape index (κ1) is 24.7. The van der Waals surface area contributed by atoms with Crippen molar-refractivity contribution in [2.45, 2.75) is 49.6 Å². The predicted molar refractivity (Wildman–Crippen MR) is 128 cm³/mol. The summed E-state index contributed by atoms with van der Waals surface area (Å²) in [5.41, 5.74) is 0.615. The van der Waals surface area contributed by atoms with E-state index < -0.39 is 27.7 Å². The molecule has 1 saturated carbocycles. The Morgan fingerprint density at radius 3 is 2.56 bits per heavy atom. The zero-order chi connectivity index (χ0) is 24.6. The van der Waals surface area contributed by atoms with E-state index in [1.165, 1.54) is 29.2 Å². The topological polar surface area (TPSA) is 83.6 Å². The second kappa shape index (κ2) is 9.66. The molecule has 0 bridgehead atoms. The smallest absolute Gasteiger partial charge is 0.254 e. The molecule has 2 amide bonds. The second-order valence-corrected chi connectivity index (χ2v) is 11.7. The summed E-state index contributed by atoms with van der Waals surface area (Å²) in [4.78, 5) is 28.4. The maximum absolute atomic E-state index is 14.6. The summed E-state index contributed by atoms with van der Waals surface area (Å²) in [7, 11) is -3.48. The van der Waals surface area contributed by atoms with Gasteiger partial charge in [-0.3, -0.25) is 9.59 Å². The number of likely N-dealkylation sites (tertiary alicyclic amines) is 1. The molecule has 9 heteroatoms. The van der Waals surface area contributed by atoms with Gasteiger partial charge in [-0.1, -0.05) is 37.1 Å². The molecule has 1 saturated heterocycles. The van der Waals surface area contributed by atoms with Crippen LogP contribution in [-0.4, -0.2) is 44.0 Å². The zero-order valence-corrected chi connectivity index (χ0v) is 20.7. The van der Waals surface area contributed by atoms with Gasteiger partial charge in [-0.05, 0) is 61.4 Å². The molecule has 0 spiro atoms. The Labute approximate surface area is 204 Å². The molecular weight excluding hydrogens is 479 g/mol. The molecule has 0 radical (unpaired) electrons. The molecule has 2 aromatic carbocycles. The third-order valence-corrected chi connectivity index (χ3v) is 8.07. The second-order valence-electron chi connectivity index (χ2n) is 9.27. The summed E-state index contributed by atoms with van der Waals surface area (Å²) in [5.74, 6) is -0.895. The van der Waals surface area contributed by atoms with Gasteiger partial charge in [0.05, 0.1) is 10.9 Å². The van der Waals surface area contributed by atoms with Gasteiger partial charge in [0.25, 0.3) is 5.91 Å². The van der Waals surface area contributed by atoms with Crippen LogP contribution in [0.3, 0.4) is 0 Å². The highest BCUT2D eigenvalue weighted by atomic mass is 35.5. The van der Waals surface area contributed by atoms with Crippen molar-refractivity contribution in [3.05, 3.63) is 64.4 Å². The lowest BCUT2D eigenvalue weighted by molar-refractivity contribution is -0.125. The molecule has 1 heterocycles. The van der Waals surface area contributed by atoms with E-state index >= 15 is 0 Å². The maximum atomic E-state index is 14.6. The van der Waals surface area contributed by atoms with Crippen molar-refractivity contribution < 1.29 is 22.4 Å². The SMILES string of the molecule is CC[C@@H]1C[C@H](C(=O)NC(c2ccc(Cl)cc2F)C2CC2)N(C(=O)c2cccc(S(C)(=O)=O)c2)C1. The third kappa shape index (κ3) is 5.28. The van der Waals surface area contributed by atoms with Crippen LogP contribution in [-0.2, 0) is 14.6 Å². The molecule has 34 heavy (non-hydrogen) atoms. The molecule has 1 aliphatic heterocycles. The van der Waals surface area contributed by atoms with Crippen molar-refractivity contribution in [2.24, 2.45) is 11.8 Å². The Kier molecular flexibility index (Phi) is 7.01. The highest BCUT2D eigenvalue weighted by Crippen LogP contribution is 2.42. The number of sulfone groups is 1. The molecule has 6 nitrogen and oxygen atoms in total. The molecule has 3 atom stereocenters. The number of nitrogens with one attached hydrogen (secondary N) is 1. The van der Waals surface area contributed by atoms with E-state index in [0.717, 1.165) is 25.5 Å². The Bertz CT molecular complexity index is 1220. The van der Waals surface area contributed by atoms with Gasteiger partial charge in [0.1, 0.15) is 11.9 Å². The number of carbonyl (C=O) groups is 2. The van der Waals surface area contributed by atoms with Crippen LogP contribution in [0.15, 0.2) is 47.4 Å². The van der Waals surface area contributed by atoms with E-state index in [1.54, 1.807) is 18.2 Å².